The van der Waals surface area contributed by atoms with Crippen molar-refractivity contribution in [1.29, 1.82) is 0 Å². The first kappa shape index (κ1) is 19.4. The van der Waals surface area contributed by atoms with Gasteiger partial charge in [-0.2, -0.15) is 0 Å². The minimum atomic E-state index is -0.478. The Morgan fingerprint density at radius 2 is 2.04 bits per heavy atom. The first-order valence-corrected chi connectivity index (χ1v) is 8.97. The molecule has 1 aromatic carbocycles. The van der Waals surface area contributed by atoms with Crippen LogP contribution in [0.2, 0.25) is 0 Å². The molecule has 0 aliphatic rings. The van der Waals surface area contributed by atoms with Gasteiger partial charge in [0.15, 0.2) is 0 Å². The molecule has 5 nitrogen and oxygen atoms in total. The van der Waals surface area contributed by atoms with Gasteiger partial charge in [-0.1, -0.05) is 26.8 Å². The molecular formula is C19H24BrN3O2. The molecule has 1 heterocycles. The molecule has 1 aromatic heterocycles. The van der Waals surface area contributed by atoms with Crippen molar-refractivity contribution in [1.82, 2.24) is 10.3 Å². The van der Waals surface area contributed by atoms with E-state index < -0.39 is 5.91 Å². The number of aromatic nitrogens is 1. The summed E-state index contributed by atoms with van der Waals surface area (Å²) < 4.78 is 6.39. The van der Waals surface area contributed by atoms with Crippen molar-refractivity contribution in [3.8, 4) is 11.6 Å². The molecule has 0 spiro atoms. The minimum absolute atomic E-state index is 0.334. The first-order chi connectivity index (χ1) is 11.7. The molecule has 0 unspecified atom stereocenters. The molecule has 2 rings (SSSR count). The number of ether oxygens (including phenoxy) is 1. The van der Waals surface area contributed by atoms with Gasteiger partial charge in [0.1, 0.15) is 5.75 Å². The molecule has 0 saturated heterocycles. The summed E-state index contributed by atoms with van der Waals surface area (Å²) in [4.78, 5) is 15.5. The molecular weight excluding hydrogens is 382 g/mol. The third-order valence-corrected chi connectivity index (χ3v) is 4.23. The molecule has 0 fully saturated rings. The largest absolute Gasteiger partial charge is 0.438 e. The highest BCUT2D eigenvalue weighted by Gasteiger charge is 2.09. The van der Waals surface area contributed by atoms with E-state index in [1.807, 2.05) is 12.1 Å². The highest BCUT2D eigenvalue weighted by molar-refractivity contribution is 9.10. The van der Waals surface area contributed by atoms with Gasteiger partial charge in [-0.05, 0) is 58.1 Å². The van der Waals surface area contributed by atoms with E-state index in [1.54, 1.807) is 24.4 Å². The van der Waals surface area contributed by atoms with Crippen LogP contribution < -0.4 is 15.8 Å². The van der Waals surface area contributed by atoms with Crippen LogP contribution in [0, 0.1) is 5.41 Å². The summed E-state index contributed by atoms with van der Waals surface area (Å²) >= 11 is 3.37. The Bertz CT molecular complexity index is 724. The van der Waals surface area contributed by atoms with Crippen LogP contribution in [0.15, 0.2) is 41.0 Å². The fraction of sp³-hybridized carbons (Fsp3) is 0.368. The summed E-state index contributed by atoms with van der Waals surface area (Å²) in [7, 11) is 0. The van der Waals surface area contributed by atoms with Crippen LogP contribution in [-0.4, -0.2) is 17.4 Å². The Morgan fingerprint density at radius 1 is 1.28 bits per heavy atom. The van der Waals surface area contributed by atoms with Crippen molar-refractivity contribution in [2.24, 2.45) is 11.1 Å². The van der Waals surface area contributed by atoms with Gasteiger partial charge in [-0.25, -0.2) is 4.98 Å². The SMILES string of the molecule is CC(C)(C)CCNCc1ccc(Oc2ccc(C(N)=O)cc2Br)nc1. The van der Waals surface area contributed by atoms with Gasteiger partial charge in [0.05, 0.1) is 4.47 Å². The van der Waals surface area contributed by atoms with E-state index in [-0.39, 0.29) is 0 Å². The molecule has 0 radical (unpaired) electrons. The Hall–Kier alpha value is -1.92. The molecule has 0 bridgehead atoms. The van der Waals surface area contributed by atoms with Crippen LogP contribution in [0.5, 0.6) is 11.6 Å². The average Bonchev–Trinajstić information content (AvgIpc) is 2.54. The van der Waals surface area contributed by atoms with Gasteiger partial charge in [-0.3, -0.25) is 4.79 Å². The number of primary amides is 1. The van der Waals surface area contributed by atoms with Crippen molar-refractivity contribution in [3.05, 3.63) is 52.1 Å². The van der Waals surface area contributed by atoms with Gasteiger partial charge in [0.25, 0.3) is 0 Å². The van der Waals surface area contributed by atoms with E-state index in [4.69, 9.17) is 10.5 Å². The minimum Gasteiger partial charge on any atom is -0.438 e. The fourth-order valence-corrected chi connectivity index (χ4v) is 2.58. The van der Waals surface area contributed by atoms with Crippen molar-refractivity contribution in [2.45, 2.75) is 33.7 Å². The quantitative estimate of drug-likeness (QED) is 0.674. The van der Waals surface area contributed by atoms with Crippen molar-refractivity contribution in [2.75, 3.05) is 6.54 Å². The van der Waals surface area contributed by atoms with E-state index in [9.17, 15) is 4.79 Å². The van der Waals surface area contributed by atoms with Gasteiger partial charge in [0.2, 0.25) is 11.8 Å². The van der Waals surface area contributed by atoms with Gasteiger partial charge >= 0.3 is 0 Å². The number of halogens is 1. The molecule has 134 valence electrons. The number of rotatable bonds is 7. The number of carbonyl (C=O) groups is 1. The standard InChI is InChI=1S/C19H24BrN3O2/c1-19(2,3)8-9-22-11-13-4-7-17(23-12-13)25-16-6-5-14(18(21)24)10-15(16)20/h4-7,10,12,22H,8-9,11H2,1-3H3,(H2,21,24). The molecule has 1 amide bonds. The van der Waals surface area contributed by atoms with E-state index >= 15 is 0 Å². The zero-order valence-corrected chi connectivity index (χ0v) is 16.4. The molecule has 0 saturated carbocycles. The molecule has 0 aliphatic heterocycles. The third kappa shape index (κ3) is 6.48. The second-order valence-corrected chi connectivity index (χ2v) is 7.96. The smallest absolute Gasteiger partial charge is 0.248 e. The molecule has 2 aromatic rings. The van der Waals surface area contributed by atoms with E-state index in [0.29, 0.717) is 27.1 Å². The number of carbonyl (C=O) groups excluding carboxylic acids is 1. The Labute approximate surface area is 157 Å². The Balaban J connectivity index is 1.91. The van der Waals surface area contributed by atoms with Crippen LogP contribution in [-0.2, 0) is 6.54 Å². The van der Waals surface area contributed by atoms with Gasteiger partial charge < -0.3 is 15.8 Å². The first-order valence-electron chi connectivity index (χ1n) is 8.17. The van der Waals surface area contributed by atoms with Crippen LogP contribution in [0.4, 0.5) is 0 Å². The number of amides is 1. The Morgan fingerprint density at radius 3 is 2.60 bits per heavy atom. The summed E-state index contributed by atoms with van der Waals surface area (Å²) in [6, 6.07) is 8.75. The van der Waals surface area contributed by atoms with E-state index in [0.717, 1.165) is 25.1 Å². The van der Waals surface area contributed by atoms with Crippen molar-refractivity contribution in [3.63, 3.8) is 0 Å². The van der Waals surface area contributed by atoms with E-state index in [2.05, 4.69) is 47.0 Å². The maximum atomic E-state index is 11.2. The molecule has 0 atom stereocenters. The topological polar surface area (TPSA) is 77.2 Å². The number of nitrogens with one attached hydrogen (secondary N) is 1. The second kappa shape index (κ2) is 8.45. The molecule has 0 aliphatic carbocycles. The lowest BCUT2D eigenvalue weighted by atomic mass is 9.92. The summed E-state index contributed by atoms with van der Waals surface area (Å²) in [5.41, 5.74) is 7.11. The highest BCUT2D eigenvalue weighted by atomic mass is 79.9. The number of pyridine rings is 1. The summed E-state index contributed by atoms with van der Waals surface area (Å²) in [5, 5.41) is 3.42. The molecule has 3 N–H and O–H groups in total. The van der Waals surface area contributed by atoms with Gasteiger partial charge in [-0.15, -0.1) is 0 Å². The van der Waals surface area contributed by atoms with Crippen molar-refractivity contribution >= 4 is 21.8 Å². The monoisotopic (exact) mass is 405 g/mol. The highest BCUT2D eigenvalue weighted by Crippen LogP contribution is 2.29. The second-order valence-electron chi connectivity index (χ2n) is 7.10. The number of nitrogens with zero attached hydrogens (tertiary/aromatic N) is 1. The predicted molar refractivity (Wildman–Crippen MR) is 103 cm³/mol. The molecule has 25 heavy (non-hydrogen) atoms. The summed E-state index contributed by atoms with van der Waals surface area (Å²) in [5.74, 6) is 0.591. The normalized spacial score (nSPS) is 11.4. The van der Waals surface area contributed by atoms with Crippen LogP contribution >= 0.6 is 15.9 Å². The van der Waals surface area contributed by atoms with Gasteiger partial charge in [0, 0.05) is 24.4 Å². The maximum Gasteiger partial charge on any atom is 0.248 e. The summed E-state index contributed by atoms with van der Waals surface area (Å²) in [6.45, 7) is 8.45. The lowest BCUT2D eigenvalue weighted by Gasteiger charge is -2.18. The number of hydrogen-bond acceptors (Lipinski definition) is 4. The zero-order valence-electron chi connectivity index (χ0n) is 14.8. The van der Waals surface area contributed by atoms with Crippen molar-refractivity contribution < 1.29 is 9.53 Å². The predicted octanol–water partition coefficient (Wildman–Crippen LogP) is 4.26. The lowest BCUT2D eigenvalue weighted by molar-refractivity contribution is 0.1000. The lowest BCUT2D eigenvalue weighted by Crippen LogP contribution is -2.20. The average molecular weight is 406 g/mol. The fourth-order valence-electron chi connectivity index (χ4n) is 2.12. The summed E-state index contributed by atoms with van der Waals surface area (Å²) in [6.07, 6.45) is 2.92. The molecule has 6 heteroatoms. The zero-order chi connectivity index (χ0) is 18.4. The van der Waals surface area contributed by atoms with Crippen LogP contribution in [0.25, 0.3) is 0 Å². The number of nitrogens with two attached hydrogens (primary N) is 1. The van der Waals surface area contributed by atoms with Crippen LogP contribution in [0.3, 0.4) is 0 Å². The number of hydrogen-bond donors (Lipinski definition) is 2. The number of benzene rings is 1. The third-order valence-electron chi connectivity index (χ3n) is 3.61. The van der Waals surface area contributed by atoms with E-state index in [1.165, 1.54) is 0 Å². The maximum absolute atomic E-state index is 11.2. The van der Waals surface area contributed by atoms with Crippen LogP contribution in [0.1, 0.15) is 43.1 Å². The Kier molecular flexibility index (Phi) is 6.56.